The van der Waals surface area contributed by atoms with E-state index in [0.717, 1.165) is 18.0 Å². The van der Waals surface area contributed by atoms with Gasteiger partial charge in [-0.3, -0.25) is 4.90 Å². The Morgan fingerprint density at radius 1 is 0.833 bits per heavy atom. The van der Waals surface area contributed by atoms with Crippen LogP contribution in [0.1, 0.15) is 18.1 Å². The van der Waals surface area contributed by atoms with Crippen LogP contribution in [0.4, 0.5) is 0 Å². The highest BCUT2D eigenvalue weighted by atomic mass is 16.2. The summed E-state index contributed by atoms with van der Waals surface area (Å²) in [7, 11) is 0. The lowest BCUT2D eigenvalue weighted by Crippen LogP contribution is -3.11. The summed E-state index contributed by atoms with van der Waals surface area (Å²) in [5, 5.41) is 0. The van der Waals surface area contributed by atoms with Crippen LogP contribution in [0, 0.1) is 0 Å². The highest BCUT2D eigenvalue weighted by molar-refractivity contribution is 5.63. The van der Waals surface area contributed by atoms with E-state index in [1.54, 1.807) is 6.92 Å². The topological polar surface area (TPSA) is 21.5 Å². The van der Waals surface area contributed by atoms with Gasteiger partial charge in [0.2, 0.25) is 0 Å². The Balaban J connectivity index is 2.08. The average molecular weight is 240 g/mol. The van der Waals surface area contributed by atoms with Crippen molar-refractivity contribution in [3.63, 3.8) is 0 Å². The van der Waals surface area contributed by atoms with Crippen molar-refractivity contribution in [1.82, 2.24) is 0 Å². The Hall–Kier alpha value is -1.93. The van der Waals surface area contributed by atoms with Gasteiger partial charge in [-0.2, -0.15) is 0 Å². The molecule has 2 heteroatoms. The minimum Gasteiger partial charge on any atom is -0.265 e. The van der Waals surface area contributed by atoms with Gasteiger partial charge in [0.1, 0.15) is 13.1 Å². The molecule has 0 aliphatic heterocycles. The molecule has 0 bridgehead atoms. The van der Waals surface area contributed by atoms with Crippen molar-refractivity contribution in [2.75, 3.05) is 0 Å². The van der Waals surface area contributed by atoms with E-state index >= 15 is 0 Å². The molecule has 0 aliphatic carbocycles. The zero-order chi connectivity index (χ0) is 12.8. The molecule has 2 aromatic carbocycles. The maximum absolute atomic E-state index is 11.7. The second-order valence-corrected chi connectivity index (χ2v) is 4.48. The largest absolute Gasteiger partial charge is 0.309 e. The normalized spacial score (nSPS) is 10.6. The van der Waals surface area contributed by atoms with Crippen LogP contribution in [-0.2, 0) is 17.9 Å². The molecule has 92 valence electrons. The van der Waals surface area contributed by atoms with Crippen LogP contribution >= 0.6 is 0 Å². The first kappa shape index (κ1) is 12.5. The van der Waals surface area contributed by atoms with E-state index < -0.39 is 0 Å². The molecule has 1 N–H and O–H groups in total. The molecular formula is C16H18NO+. The molecule has 2 nitrogen and oxygen atoms in total. The molecule has 0 spiro atoms. The third-order valence-electron chi connectivity index (χ3n) is 3.02. The number of amides is 1. The first-order chi connectivity index (χ1) is 8.75. The number of quaternary nitrogens is 1. The van der Waals surface area contributed by atoms with Gasteiger partial charge in [0.15, 0.2) is 0 Å². The second-order valence-electron chi connectivity index (χ2n) is 4.48. The molecule has 0 atom stereocenters. The first-order valence-electron chi connectivity index (χ1n) is 6.19. The summed E-state index contributed by atoms with van der Waals surface area (Å²) in [4.78, 5) is 12.7. The lowest BCUT2D eigenvalue weighted by molar-refractivity contribution is -0.848. The zero-order valence-corrected chi connectivity index (χ0v) is 10.6. The Labute approximate surface area is 108 Å². The van der Waals surface area contributed by atoms with Crippen molar-refractivity contribution in [3.8, 4) is 0 Å². The highest BCUT2D eigenvalue weighted by Crippen LogP contribution is 1.98. The molecule has 1 amide bonds. The van der Waals surface area contributed by atoms with Crippen LogP contribution in [0.3, 0.4) is 0 Å². The van der Waals surface area contributed by atoms with Gasteiger partial charge in [0.25, 0.3) is 0 Å². The van der Waals surface area contributed by atoms with Gasteiger partial charge < -0.3 is 0 Å². The van der Waals surface area contributed by atoms with Gasteiger partial charge in [-0.25, -0.2) is 4.79 Å². The third-order valence-corrected chi connectivity index (χ3v) is 3.02. The van der Waals surface area contributed by atoms with E-state index in [-0.39, 0.29) is 5.91 Å². The highest BCUT2D eigenvalue weighted by Gasteiger charge is 2.15. The molecule has 2 aromatic rings. The zero-order valence-electron chi connectivity index (χ0n) is 10.6. The Morgan fingerprint density at radius 3 is 1.56 bits per heavy atom. The van der Waals surface area contributed by atoms with E-state index in [2.05, 4.69) is 24.3 Å². The van der Waals surface area contributed by atoms with Gasteiger partial charge in [-0.05, 0) is 0 Å². The minimum absolute atomic E-state index is 0.183. The average Bonchev–Trinajstić information content (AvgIpc) is 2.40. The summed E-state index contributed by atoms with van der Waals surface area (Å²) < 4.78 is 0. The molecule has 0 aliphatic rings. The number of carbonyl (C=O) groups excluding carboxylic acids is 1. The second kappa shape index (κ2) is 6.12. The predicted molar refractivity (Wildman–Crippen MR) is 71.9 cm³/mol. The molecule has 0 heterocycles. The van der Waals surface area contributed by atoms with Crippen LogP contribution in [0.25, 0.3) is 0 Å². The van der Waals surface area contributed by atoms with Crippen molar-refractivity contribution in [3.05, 3.63) is 71.8 Å². The van der Waals surface area contributed by atoms with Gasteiger partial charge in [0, 0.05) is 11.1 Å². The number of hydrogen-bond donors (Lipinski definition) is 1. The number of nitrogens with one attached hydrogen (secondary N) is 1. The summed E-state index contributed by atoms with van der Waals surface area (Å²) >= 11 is 0. The van der Waals surface area contributed by atoms with Gasteiger partial charge in [-0.1, -0.05) is 60.7 Å². The summed E-state index contributed by atoms with van der Waals surface area (Å²) in [5.74, 6) is 0.183. The van der Waals surface area contributed by atoms with E-state index in [1.165, 1.54) is 11.1 Å². The standard InChI is InChI=1S/C16H17NO/c1-14(18)17(12-15-8-4-2-5-9-15)13-16-10-6-3-7-11-16/h2-11H,12-13H2,1H3/p+1. The monoisotopic (exact) mass is 240 g/mol. The van der Waals surface area contributed by atoms with Crippen molar-refractivity contribution in [2.45, 2.75) is 20.0 Å². The van der Waals surface area contributed by atoms with E-state index in [0.29, 0.717) is 0 Å². The van der Waals surface area contributed by atoms with Crippen molar-refractivity contribution < 1.29 is 9.69 Å². The third kappa shape index (κ3) is 3.54. The lowest BCUT2D eigenvalue weighted by atomic mass is 10.1. The number of rotatable bonds is 4. The molecule has 18 heavy (non-hydrogen) atoms. The Morgan fingerprint density at radius 2 is 1.22 bits per heavy atom. The summed E-state index contributed by atoms with van der Waals surface area (Å²) in [6, 6.07) is 20.3. The van der Waals surface area contributed by atoms with Gasteiger partial charge in [0.05, 0.1) is 6.92 Å². The molecule has 0 fully saturated rings. The van der Waals surface area contributed by atoms with Crippen LogP contribution < -0.4 is 4.90 Å². The molecule has 0 radical (unpaired) electrons. The summed E-state index contributed by atoms with van der Waals surface area (Å²) in [6.07, 6.45) is 0. The van der Waals surface area contributed by atoms with Crippen molar-refractivity contribution in [1.29, 1.82) is 0 Å². The fourth-order valence-electron chi connectivity index (χ4n) is 2.00. The van der Waals surface area contributed by atoms with Gasteiger partial charge in [-0.15, -0.1) is 0 Å². The van der Waals surface area contributed by atoms with Crippen molar-refractivity contribution in [2.24, 2.45) is 0 Å². The van der Waals surface area contributed by atoms with Crippen LogP contribution in [0.2, 0.25) is 0 Å². The molecule has 2 rings (SSSR count). The summed E-state index contributed by atoms with van der Waals surface area (Å²) in [5.41, 5.74) is 2.39. The number of carbonyl (C=O) groups is 1. The Kier molecular flexibility index (Phi) is 4.26. The molecular weight excluding hydrogens is 222 g/mol. The number of benzene rings is 2. The van der Waals surface area contributed by atoms with Crippen LogP contribution in [0.15, 0.2) is 60.7 Å². The summed E-state index contributed by atoms with van der Waals surface area (Å²) in [6.45, 7) is 3.14. The SMILES string of the molecule is CC(=O)[NH+](Cc1ccccc1)Cc1ccccc1. The molecule has 0 unspecified atom stereocenters. The maximum atomic E-state index is 11.7. The fraction of sp³-hybridized carbons (Fsp3) is 0.188. The van der Waals surface area contributed by atoms with Crippen molar-refractivity contribution >= 4 is 5.91 Å². The lowest BCUT2D eigenvalue weighted by Gasteiger charge is -2.15. The molecule has 0 aromatic heterocycles. The Bertz CT molecular complexity index is 452. The number of hydrogen-bond acceptors (Lipinski definition) is 1. The first-order valence-corrected chi connectivity index (χ1v) is 6.19. The fourth-order valence-corrected chi connectivity index (χ4v) is 2.00. The quantitative estimate of drug-likeness (QED) is 0.865. The van der Waals surface area contributed by atoms with Crippen LogP contribution in [0.5, 0.6) is 0 Å². The maximum Gasteiger partial charge on any atom is 0.309 e. The predicted octanol–water partition coefficient (Wildman–Crippen LogP) is 1.82. The molecule has 0 saturated heterocycles. The van der Waals surface area contributed by atoms with E-state index in [4.69, 9.17) is 0 Å². The van der Waals surface area contributed by atoms with E-state index in [9.17, 15) is 4.79 Å². The molecule has 0 saturated carbocycles. The smallest absolute Gasteiger partial charge is 0.265 e. The van der Waals surface area contributed by atoms with Gasteiger partial charge >= 0.3 is 5.91 Å². The van der Waals surface area contributed by atoms with E-state index in [1.807, 2.05) is 36.4 Å². The minimum atomic E-state index is 0.183. The van der Waals surface area contributed by atoms with Crippen LogP contribution in [-0.4, -0.2) is 5.91 Å².